The summed E-state index contributed by atoms with van der Waals surface area (Å²) in [5, 5.41) is 0. The number of hydrogen-bond acceptors (Lipinski definition) is 3. The fourth-order valence-electron chi connectivity index (χ4n) is 1.30. The second kappa shape index (κ2) is 3.67. The van der Waals surface area contributed by atoms with E-state index < -0.39 is 0 Å². The second-order valence-corrected chi connectivity index (χ2v) is 7.27. The van der Waals surface area contributed by atoms with Gasteiger partial charge in [-0.15, -0.1) is 0 Å². The third kappa shape index (κ3) is 1.80. The van der Waals surface area contributed by atoms with Crippen molar-refractivity contribution < 1.29 is 0 Å². The van der Waals surface area contributed by atoms with Crippen LogP contribution in [0.5, 0.6) is 0 Å². The third-order valence-corrected chi connectivity index (χ3v) is 4.72. The Bertz CT molecular complexity index is 314. The maximum atomic E-state index is 2.48. The van der Waals surface area contributed by atoms with Gasteiger partial charge in [0.25, 0.3) is 0 Å². The lowest BCUT2D eigenvalue weighted by Crippen LogP contribution is -2.30. The summed E-state index contributed by atoms with van der Waals surface area (Å²) < 4.78 is 0.182. The quantitative estimate of drug-likeness (QED) is 0.453. The molecule has 13 heavy (non-hydrogen) atoms. The molecule has 0 spiro atoms. The van der Waals surface area contributed by atoms with E-state index in [0.29, 0.717) is 0 Å². The average Bonchev–Trinajstić information content (AvgIpc) is 2.24. The number of nitrogens with zero attached hydrogens (tertiary/aromatic N) is 1. The predicted molar refractivity (Wildman–Crippen MR) is 68.1 cm³/mol. The van der Waals surface area contributed by atoms with Crippen molar-refractivity contribution in [2.75, 3.05) is 11.9 Å². The van der Waals surface area contributed by atoms with Gasteiger partial charge in [-0.1, -0.05) is 23.9 Å². The van der Waals surface area contributed by atoms with E-state index in [1.165, 1.54) is 10.6 Å². The van der Waals surface area contributed by atoms with E-state index in [-0.39, 0.29) is 9.03 Å². The fraction of sp³-hybridized carbons (Fsp3) is 0.333. The lowest BCUT2D eigenvalue weighted by Gasteiger charge is -2.26. The molecule has 0 aromatic heterocycles. The Morgan fingerprint density at radius 1 is 1.38 bits per heavy atom. The molecule has 1 heterocycles. The van der Waals surface area contributed by atoms with Crippen molar-refractivity contribution in [3.63, 3.8) is 0 Å². The van der Waals surface area contributed by atoms with Crippen LogP contribution in [0.25, 0.3) is 0 Å². The first kappa shape index (κ1) is 11.1. The van der Waals surface area contributed by atoms with Crippen LogP contribution in [0, 0.1) is 0 Å². The van der Waals surface area contributed by atoms with Crippen LogP contribution >= 0.6 is 34.4 Å². The summed E-state index contributed by atoms with van der Waals surface area (Å²) in [6.45, 7) is 2.23. The van der Waals surface area contributed by atoms with Gasteiger partial charge in [-0.25, -0.2) is 0 Å². The van der Waals surface area contributed by atoms with E-state index in [1.807, 2.05) is 11.8 Å². The number of fused-ring (bicyclic) bond motifs is 1. The van der Waals surface area contributed by atoms with Gasteiger partial charge in [-0.05, 0) is 41.6 Å². The zero-order valence-electron chi connectivity index (χ0n) is 7.75. The molecule has 2 rings (SSSR count). The predicted octanol–water partition coefficient (Wildman–Crippen LogP) is 3.50. The molecule has 72 valence electrons. The van der Waals surface area contributed by atoms with Gasteiger partial charge in [-0.3, -0.25) is 0 Å². The molecule has 0 saturated carbocycles. The molecule has 2 nitrogen and oxygen atoms in total. The number of rotatable bonds is 0. The molecule has 4 heteroatoms. The number of hydrogen-bond donors (Lipinski definition) is 1. The highest BCUT2D eigenvalue weighted by molar-refractivity contribution is 14.1. The maximum absolute atomic E-state index is 2.48. The molecule has 1 aromatic carbocycles. The molecule has 0 aliphatic carbocycles. The van der Waals surface area contributed by atoms with Crippen molar-refractivity contribution in [3.05, 3.63) is 24.3 Å². The van der Waals surface area contributed by atoms with Crippen LogP contribution in [-0.2, 0) is 0 Å². The van der Waals surface area contributed by atoms with Gasteiger partial charge < -0.3 is 11.1 Å². The van der Waals surface area contributed by atoms with E-state index in [4.69, 9.17) is 0 Å². The van der Waals surface area contributed by atoms with Crippen molar-refractivity contribution in [1.82, 2.24) is 6.15 Å². The largest absolute Gasteiger partial charge is 0.351 e. The fourth-order valence-corrected chi connectivity index (χ4v) is 3.37. The smallest absolute Gasteiger partial charge is 0.140 e. The van der Waals surface area contributed by atoms with Crippen LogP contribution in [0.3, 0.4) is 0 Å². The Morgan fingerprint density at radius 2 is 2.00 bits per heavy atom. The average molecular weight is 308 g/mol. The van der Waals surface area contributed by atoms with E-state index in [2.05, 4.69) is 65.7 Å². The Hall–Kier alpha value is 0.0600. The summed E-state index contributed by atoms with van der Waals surface area (Å²) in [4.78, 5) is 3.70. The van der Waals surface area contributed by atoms with Gasteiger partial charge in [0.2, 0.25) is 0 Å². The van der Waals surface area contributed by atoms with Crippen LogP contribution < -0.4 is 11.1 Å². The zero-order valence-corrected chi connectivity index (χ0v) is 10.7. The molecule has 0 saturated heterocycles. The van der Waals surface area contributed by atoms with Crippen molar-refractivity contribution in [1.29, 1.82) is 0 Å². The molecule has 0 bridgehead atoms. The number of alkyl halides is 1. The normalized spacial score (nSPS) is 25.3. The number of halogens is 1. The van der Waals surface area contributed by atoms with Crippen molar-refractivity contribution in [2.24, 2.45) is 0 Å². The molecule has 0 radical (unpaired) electrons. The molecule has 0 fully saturated rings. The SMILES string of the molecule is CN1c2ccccc2SC1(C)I.N. The van der Waals surface area contributed by atoms with Crippen LogP contribution in [0.4, 0.5) is 5.69 Å². The second-order valence-electron chi connectivity index (χ2n) is 3.00. The molecule has 1 unspecified atom stereocenters. The lowest BCUT2D eigenvalue weighted by molar-refractivity contribution is 0.898. The van der Waals surface area contributed by atoms with E-state index >= 15 is 0 Å². The highest BCUT2D eigenvalue weighted by Crippen LogP contribution is 2.52. The van der Waals surface area contributed by atoms with E-state index in [9.17, 15) is 0 Å². The Balaban J connectivity index is 0.000000845. The van der Waals surface area contributed by atoms with Gasteiger partial charge >= 0.3 is 0 Å². The minimum absolute atomic E-state index is 0. The van der Waals surface area contributed by atoms with E-state index in [0.717, 1.165) is 0 Å². The van der Waals surface area contributed by atoms with E-state index in [1.54, 1.807) is 0 Å². The molecule has 1 aliphatic heterocycles. The van der Waals surface area contributed by atoms with Crippen molar-refractivity contribution in [2.45, 2.75) is 14.7 Å². The lowest BCUT2D eigenvalue weighted by atomic mass is 10.3. The monoisotopic (exact) mass is 308 g/mol. The summed E-state index contributed by atoms with van der Waals surface area (Å²) in [6, 6.07) is 8.54. The maximum Gasteiger partial charge on any atom is 0.140 e. The first-order valence-electron chi connectivity index (χ1n) is 3.82. The highest BCUT2D eigenvalue weighted by Gasteiger charge is 2.35. The Kier molecular flexibility index (Phi) is 3.14. The Labute approximate surface area is 96.8 Å². The van der Waals surface area contributed by atoms with Crippen LogP contribution in [0.1, 0.15) is 6.92 Å². The number of anilines is 1. The molecule has 1 aliphatic rings. The molecule has 3 N–H and O–H groups in total. The highest BCUT2D eigenvalue weighted by atomic mass is 127. The van der Waals surface area contributed by atoms with Gasteiger partial charge in [-0.2, -0.15) is 0 Å². The van der Waals surface area contributed by atoms with Crippen LogP contribution in [0.15, 0.2) is 29.2 Å². The van der Waals surface area contributed by atoms with Crippen molar-refractivity contribution in [3.8, 4) is 0 Å². The summed E-state index contributed by atoms with van der Waals surface area (Å²) in [5.41, 5.74) is 1.35. The first-order chi connectivity index (χ1) is 5.61. The summed E-state index contributed by atoms with van der Waals surface area (Å²) in [6.07, 6.45) is 0. The van der Waals surface area contributed by atoms with Gasteiger partial charge in [0.15, 0.2) is 0 Å². The van der Waals surface area contributed by atoms with Crippen molar-refractivity contribution >= 4 is 40.0 Å². The minimum Gasteiger partial charge on any atom is -0.351 e. The topological polar surface area (TPSA) is 38.2 Å². The summed E-state index contributed by atoms with van der Waals surface area (Å²) in [5.74, 6) is 0. The molecular formula is C9H13IN2S. The van der Waals surface area contributed by atoms with Gasteiger partial charge in [0, 0.05) is 11.9 Å². The Morgan fingerprint density at radius 3 is 2.62 bits per heavy atom. The number of para-hydroxylation sites is 1. The number of benzene rings is 1. The molecular weight excluding hydrogens is 295 g/mol. The van der Waals surface area contributed by atoms with Crippen LogP contribution in [0.2, 0.25) is 0 Å². The zero-order chi connectivity index (χ0) is 8.77. The molecule has 1 atom stereocenters. The molecule has 0 amide bonds. The summed E-state index contributed by atoms with van der Waals surface area (Å²) >= 11 is 4.39. The summed E-state index contributed by atoms with van der Waals surface area (Å²) in [7, 11) is 2.14. The molecule has 1 aromatic rings. The van der Waals surface area contributed by atoms with Crippen LogP contribution in [-0.4, -0.2) is 9.93 Å². The minimum atomic E-state index is 0. The number of thioether (sulfide) groups is 1. The van der Waals surface area contributed by atoms with Gasteiger partial charge in [0.05, 0.1) is 5.69 Å². The van der Waals surface area contributed by atoms with Gasteiger partial charge in [0.1, 0.15) is 2.88 Å². The first-order valence-corrected chi connectivity index (χ1v) is 5.71. The standard InChI is InChI=1S/C9H10INS.H3N/c1-9(10)11(2)7-5-3-4-6-8(7)12-9;/h3-6H,1-2H3;1H3. The third-order valence-electron chi connectivity index (χ3n) is 2.12.